The van der Waals surface area contributed by atoms with Crippen molar-refractivity contribution in [2.24, 2.45) is 0 Å². The molecule has 0 bridgehead atoms. The molecule has 0 amide bonds. The molecule has 0 spiro atoms. The Morgan fingerprint density at radius 3 is 2.33 bits per heavy atom. The van der Waals surface area contributed by atoms with Crippen LogP contribution in [0.1, 0.15) is 51.7 Å². The Labute approximate surface area is 93.9 Å². The molecule has 0 aromatic heterocycles. The van der Waals surface area contributed by atoms with Crippen molar-refractivity contribution in [3.63, 3.8) is 0 Å². The van der Waals surface area contributed by atoms with Gasteiger partial charge >= 0.3 is 0 Å². The van der Waals surface area contributed by atoms with Crippen molar-refractivity contribution in [3.05, 3.63) is 35.4 Å². The number of hydrogen-bond acceptors (Lipinski definition) is 1. The third kappa shape index (κ3) is 2.82. The van der Waals surface area contributed by atoms with Gasteiger partial charge < -0.3 is 5.32 Å². The van der Waals surface area contributed by atoms with Gasteiger partial charge in [0.15, 0.2) is 0 Å². The molecule has 1 N–H and O–H groups in total. The van der Waals surface area contributed by atoms with Gasteiger partial charge in [0.25, 0.3) is 0 Å². The molecular weight excluding hydrogens is 182 g/mol. The summed E-state index contributed by atoms with van der Waals surface area (Å²) in [5, 5.41) is 3.53. The van der Waals surface area contributed by atoms with Crippen LogP contribution in [0.4, 0.5) is 0 Å². The molecular formula is C14H23N. The first kappa shape index (κ1) is 12.3. The molecule has 0 unspecified atom stereocenters. The fraction of sp³-hybridized carbons (Fsp3) is 0.571. The predicted octanol–water partition coefficient (Wildman–Crippen LogP) is 3.65. The van der Waals surface area contributed by atoms with Crippen molar-refractivity contribution in [2.45, 2.75) is 46.1 Å². The lowest BCUT2D eigenvalue weighted by Crippen LogP contribution is -2.37. The minimum atomic E-state index is 0.0651. The molecule has 1 rings (SSSR count). The molecule has 1 aromatic rings. The Bertz CT molecular complexity index is 313. The zero-order valence-electron chi connectivity index (χ0n) is 10.6. The summed E-state index contributed by atoms with van der Waals surface area (Å²) >= 11 is 0. The lowest BCUT2D eigenvalue weighted by molar-refractivity contribution is 0.411. The lowest BCUT2D eigenvalue weighted by atomic mass is 9.85. The van der Waals surface area contributed by atoms with E-state index in [1.54, 1.807) is 0 Å². The zero-order valence-corrected chi connectivity index (χ0v) is 10.6. The van der Waals surface area contributed by atoms with Crippen LogP contribution < -0.4 is 5.32 Å². The zero-order chi connectivity index (χ0) is 11.5. The first-order valence-electron chi connectivity index (χ1n) is 5.83. The first-order chi connectivity index (χ1) is 6.99. The molecule has 0 aliphatic rings. The molecule has 0 atom stereocenters. The van der Waals surface area contributed by atoms with Crippen LogP contribution in [-0.2, 0) is 5.54 Å². The second-order valence-electron chi connectivity index (χ2n) is 4.90. The molecule has 0 heterocycles. The molecule has 1 nitrogen and oxygen atoms in total. The van der Waals surface area contributed by atoms with Gasteiger partial charge in [0.1, 0.15) is 0 Å². The number of nitrogens with one attached hydrogen (secondary N) is 1. The van der Waals surface area contributed by atoms with Gasteiger partial charge in [-0.25, -0.2) is 0 Å². The SMILES string of the molecule is CCNC(C)(C)c1ccccc1C(C)C. The van der Waals surface area contributed by atoms with Crippen molar-refractivity contribution >= 4 is 0 Å². The van der Waals surface area contributed by atoms with E-state index in [2.05, 4.69) is 64.2 Å². The monoisotopic (exact) mass is 205 g/mol. The highest BCUT2D eigenvalue weighted by Crippen LogP contribution is 2.28. The van der Waals surface area contributed by atoms with E-state index in [4.69, 9.17) is 0 Å². The van der Waals surface area contributed by atoms with Crippen LogP contribution in [0, 0.1) is 0 Å². The second kappa shape index (κ2) is 4.80. The Hall–Kier alpha value is -0.820. The maximum Gasteiger partial charge on any atom is 0.0380 e. The van der Waals surface area contributed by atoms with E-state index in [0.717, 1.165) is 6.54 Å². The van der Waals surface area contributed by atoms with Crippen molar-refractivity contribution in [1.82, 2.24) is 5.32 Å². The van der Waals surface area contributed by atoms with Gasteiger partial charge in [0.2, 0.25) is 0 Å². The van der Waals surface area contributed by atoms with E-state index in [1.807, 2.05) is 0 Å². The average Bonchev–Trinajstić information content (AvgIpc) is 2.17. The van der Waals surface area contributed by atoms with Gasteiger partial charge in [-0.15, -0.1) is 0 Å². The van der Waals surface area contributed by atoms with Crippen LogP contribution in [0.3, 0.4) is 0 Å². The van der Waals surface area contributed by atoms with Gasteiger partial charge in [-0.05, 0) is 37.4 Å². The Balaban J connectivity index is 3.12. The number of rotatable bonds is 4. The quantitative estimate of drug-likeness (QED) is 0.791. The lowest BCUT2D eigenvalue weighted by Gasteiger charge is -2.30. The average molecular weight is 205 g/mol. The van der Waals surface area contributed by atoms with Crippen molar-refractivity contribution in [1.29, 1.82) is 0 Å². The largest absolute Gasteiger partial charge is 0.308 e. The van der Waals surface area contributed by atoms with E-state index >= 15 is 0 Å². The molecule has 0 saturated heterocycles. The summed E-state index contributed by atoms with van der Waals surface area (Å²) in [5.74, 6) is 0.583. The van der Waals surface area contributed by atoms with Crippen molar-refractivity contribution in [3.8, 4) is 0 Å². The highest BCUT2D eigenvalue weighted by molar-refractivity contribution is 5.34. The highest BCUT2D eigenvalue weighted by Gasteiger charge is 2.22. The van der Waals surface area contributed by atoms with E-state index in [1.165, 1.54) is 11.1 Å². The van der Waals surface area contributed by atoms with E-state index < -0.39 is 0 Å². The van der Waals surface area contributed by atoms with E-state index in [9.17, 15) is 0 Å². The highest BCUT2D eigenvalue weighted by atomic mass is 14.9. The third-order valence-electron chi connectivity index (χ3n) is 2.87. The van der Waals surface area contributed by atoms with Gasteiger partial charge in [-0.2, -0.15) is 0 Å². The van der Waals surface area contributed by atoms with Crippen LogP contribution in [0.15, 0.2) is 24.3 Å². The third-order valence-corrected chi connectivity index (χ3v) is 2.87. The van der Waals surface area contributed by atoms with Gasteiger partial charge in [-0.3, -0.25) is 0 Å². The summed E-state index contributed by atoms with van der Waals surface area (Å²) in [4.78, 5) is 0. The first-order valence-corrected chi connectivity index (χ1v) is 5.83. The van der Waals surface area contributed by atoms with Gasteiger partial charge in [0.05, 0.1) is 0 Å². The van der Waals surface area contributed by atoms with Crippen LogP contribution in [0.5, 0.6) is 0 Å². The number of benzene rings is 1. The normalized spacial score (nSPS) is 12.1. The molecule has 1 aromatic carbocycles. The Morgan fingerprint density at radius 2 is 1.80 bits per heavy atom. The molecule has 84 valence electrons. The summed E-state index contributed by atoms with van der Waals surface area (Å²) in [6.45, 7) is 12.1. The van der Waals surface area contributed by atoms with Crippen LogP contribution >= 0.6 is 0 Å². The standard InChI is InChI=1S/C14H23N/c1-6-15-14(4,5)13-10-8-7-9-12(13)11(2)3/h7-11,15H,6H2,1-5H3. The topological polar surface area (TPSA) is 12.0 Å². The maximum atomic E-state index is 3.53. The van der Waals surface area contributed by atoms with Gasteiger partial charge in [-0.1, -0.05) is 45.0 Å². The molecule has 0 saturated carbocycles. The predicted molar refractivity (Wildman–Crippen MR) is 67.2 cm³/mol. The van der Waals surface area contributed by atoms with Crippen molar-refractivity contribution in [2.75, 3.05) is 6.54 Å². The van der Waals surface area contributed by atoms with Crippen LogP contribution in [-0.4, -0.2) is 6.54 Å². The van der Waals surface area contributed by atoms with Crippen molar-refractivity contribution < 1.29 is 0 Å². The minimum Gasteiger partial charge on any atom is -0.308 e. The Morgan fingerprint density at radius 1 is 1.20 bits per heavy atom. The number of hydrogen-bond donors (Lipinski definition) is 1. The summed E-state index contributed by atoms with van der Waals surface area (Å²) < 4.78 is 0. The van der Waals surface area contributed by atoms with E-state index in [0.29, 0.717) is 5.92 Å². The van der Waals surface area contributed by atoms with E-state index in [-0.39, 0.29) is 5.54 Å². The fourth-order valence-corrected chi connectivity index (χ4v) is 2.11. The fourth-order valence-electron chi connectivity index (χ4n) is 2.11. The summed E-state index contributed by atoms with van der Waals surface area (Å²) in [5.41, 5.74) is 2.93. The van der Waals surface area contributed by atoms with Crippen LogP contribution in [0.2, 0.25) is 0 Å². The van der Waals surface area contributed by atoms with Crippen LogP contribution in [0.25, 0.3) is 0 Å². The molecule has 0 radical (unpaired) electrons. The second-order valence-corrected chi connectivity index (χ2v) is 4.90. The summed E-state index contributed by atoms with van der Waals surface area (Å²) in [6, 6.07) is 8.72. The molecule has 1 heteroatoms. The summed E-state index contributed by atoms with van der Waals surface area (Å²) in [6.07, 6.45) is 0. The maximum absolute atomic E-state index is 3.53. The Kier molecular flexibility index (Phi) is 3.92. The smallest absolute Gasteiger partial charge is 0.0380 e. The van der Waals surface area contributed by atoms with Gasteiger partial charge in [0, 0.05) is 5.54 Å². The molecule has 0 aliphatic carbocycles. The minimum absolute atomic E-state index is 0.0651. The molecule has 0 aliphatic heterocycles. The molecule has 15 heavy (non-hydrogen) atoms. The molecule has 0 fully saturated rings. The summed E-state index contributed by atoms with van der Waals surface area (Å²) in [7, 11) is 0.